The highest BCUT2D eigenvalue weighted by molar-refractivity contribution is 5.41. The SMILES string of the molecule is Oc1ccc(C[C@H]2CCCN2CCCCN2CCC[C@@H]2Cc2ccc(O)c(O)c2)cc1O. The minimum atomic E-state index is -0.0561. The lowest BCUT2D eigenvalue weighted by atomic mass is 10.0. The van der Waals surface area contributed by atoms with Crippen molar-refractivity contribution in [3.63, 3.8) is 0 Å². The summed E-state index contributed by atoms with van der Waals surface area (Å²) in [5, 5.41) is 38.6. The Kier molecular flexibility index (Phi) is 7.43. The molecule has 0 aliphatic carbocycles. The molecule has 2 aromatic rings. The third kappa shape index (κ3) is 5.67. The van der Waals surface area contributed by atoms with Gasteiger partial charge in [-0.25, -0.2) is 0 Å². The van der Waals surface area contributed by atoms with Gasteiger partial charge in [-0.2, -0.15) is 0 Å². The summed E-state index contributed by atoms with van der Waals surface area (Å²) in [6.07, 6.45) is 9.03. The third-order valence-electron chi connectivity index (χ3n) is 7.16. The molecular weight excluding hydrogens is 404 g/mol. The lowest BCUT2D eigenvalue weighted by Crippen LogP contribution is -2.34. The fourth-order valence-electron chi connectivity index (χ4n) is 5.41. The van der Waals surface area contributed by atoms with E-state index >= 15 is 0 Å². The molecule has 6 heteroatoms. The monoisotopic (exact) mass is 440 g/mol. The number of nitrogens with zero attached hydrogens (tertiary/aromatic N) is 2. The van der Waals surface area contributed by atoms with E-state index in [-0.39, 0.29) is 23.0 Å². The number of hydrogen-bond acceptors (Lipinski definition) is 6. The standard InChI is InChI=1S/C26H36N2O4/c29-23-9-7-19(17-25(23)31)15-21-5-3-13-27(21)11-1-2-12-28-14-4-6-22(28)16-20-8-10-24(30)26(32)18-20/h7-10,17-18,21-22,29-32H,1-6,11-16H2/t21-,22-/m1/s1. The van der Waals surface area contributed by atoms with Crippen LogP contribution < -0.4 is 0 Å². The van der Waals surface area contributed by atoms with Crippen LogP contribution in [0.15, 0.2) is 36.4 Å². The van der Waals surface area contributed by atoms with Gasteiger partial charge in [0.25, 0.3) is 0 Å². The Bertz CT molecular complexity index is 830. The molecule has 6 nitrogen and oxygen atoms in total. The molecule has 2 atom stereocenters. The van der Waals surface area contributed by atoms with Gasteiger partial charge in [-0.3, -0.25) is 0 Å². The number of phenolic OH excluding ortho intramolecular Hbond substituents is 4. The van der Waals surface area contributed by atoms with Gasteiger partial charge in [-0.15, -0.1) is 0 Å². The first-order chi connectivity index (χ1) is 15.5. The number of benzene rings is 2. The molecular formula is C26H36N2O4. The highest BCUT2D eigenvalue weighted by Crippen LogP contribution is 2.29. The van der Waals surface area contributed by atoms with E-state index in [2.05, 4.69) is 9.80 Å². The summed E-state index contributed by atoms with van der Waals surface area (Å²) in [5.41, 5.74) is 2.16. The molecule has 2 aliphatic heterocycles. The van der Waals surface area contributed by atoms with Crippen LogP contribution in [-0.4, -0.2) is 68.5 Å². The summed E-state index contributed by atoms with van der Waals surface area (Å²) in [7, 11) is 0. The quantitative estimate of drug-likeness (QED) is 0.348. The number of hydrogen-bond donors (Lipinski definition) is 4. The molecule has 4 N–H and O–H groups in total. The molecule has 32 heavy (non-hydrogen) atoms. The molecule has 174 valence electrons. The molecule has 2 saturated heterocycles. The Morgan fingerprint density at radius 2 is 1.06 bits per heavy atom. The predicted octanol–water partition coefficient (Wildman–Crippen LogP) is 4.00. The highest BCUT2D eigenvalue weighted by atomic mass is 16.3. The number of aromatic hydroxyl groups is 4. The molecule has 0 amide bonds. The molecule has 0 bridgehead atoms. The van der Waals surface area contributed by atoms with Crippen molar-refractivity contribution in [2.45, 2.75) is 63.5 Å². The van der Waals surface area contributed by atoms with Crippen molar-refractivity contribution >= 4 is 0 Å². The van der Waals surface area contributed by atoms with Gasteiger partial charge < -0.3 is 30.2 Å². The molecule has 4 rings (SSSR count). The molecule has 0 radical (unpaired) electrons. The number of unbranched alkanes of at least 4 members (excludes halogenated alkanes) is 1. The van der Waals surface area contributed by atoms with Gasteiger partial charge in [0.15, 0.2) is 23.0 Å². The first kappa shape index (κ1) is 22.7. The van der Waals surface area contributed by atoms with Crippen molar-refractivity contribution in [3.8, 4) is 23.0 Å². The van der Waals surface area contributed by atoms with Crippen molar-refractivity contribution in [2.24, 2.45) is 0 Å². The second-order valence-electron chi connectivity index (χ2n) is 9.43. The summed E-state index contributed by atoms with van der Waals surface area (Å²) < 4.78 is 0. The van der Waals surface area contributed by atoms with Crippen LogP contribution in [-0.2, 0) is 12.8 Å². The first-order valence-electron chi connectivity index (χ1n) is 12.0. The van der Waals surface area contributed by atoms with Crippen LogP contribution in [0, 0.1) is 0 Å². The highest BCUT2D eigenvalue weighted by Gasteiger charge is 2.26. The molecule has 0 unspecified atom stereocenters. The zero-order chi connectivity index (χ0) is 22.5. The van der Waals surface area contributed by atoms with Crippen LogP contribution in [0.4, 0.5) is 0 Å². The summed E-state index contributed by atoms with van der Waals surface area (Å²) >= 11 is 0. The maximum atomic E-state index is 9.77. The van der Waals surface area contributed by atoms with Crippen LogP contribution in [0.3, 0.4) is 0 Å². The van der Waals surface area contributed by atoms with Crippen molar-refractivity contribution in [1.82, 2.24) is 9.80 Å². The van der Waals surface area contributed by atoms with Crippen molar-refractivity contribution in [2.75, 3.05) is 26.2 Å². The molecule has 2 heterocycles. The van der Waals surface area contributed by atoms with Crippen molar-refractivity contribution in [3.05, 3.63) is 47.5 Å². The molecule has 0 saturated carbocycles. The minimum absolute atomic E-state index is 0.0327. The van der Waals surface area contributed by atoms with Gasteiger partial charge in [0.05, 0.1) is 0 Å². The Hall–Kier alpha value is -2.44. The Morgan fingerprint density at radius 1 is 0.625 bits per heavy atom. The topological polar surface area (TPSA) is 87.4 Å². The number of rotatable bonds is 9. The average Bonchev–Trinajstić information content (AvgIpc) is 3.40. The van der Waals surface area contributed by atoms with Crippen LogP contribution in [0.5, 0.6) is 23.0 Å². The van der Waals surface area contributed by atoms with E-state index in [9.17, 15) is 20.4 Å². The Balaban J connectivity index is 1.21. The van der Waals surface area contributed by atoms with E-state index in [1.54, 1.807) is 24.3 Å². The summed E-state index contributed by atoms with van der Waals surface area (Å²) in [6.45, 7) is 4.51. The van der Waals surface area contributed by atoms with Crippen molar-refractivity contribution in [1.29, 1.82) is 0 Å². The van der Waals surface area contributed by atoms with Gasteiger partial charge >= 0.3 is 0 Å². The maximum absolute atomic E-state index is 9.77. The first-order valence-corrected chi connectivity index (χ1v) is 12.0. The van der Waals surface area contributed by atoms with E-state index in [4.69, 9.17) is 0 Å². The molecule has 0 spiro atoms. The van der Waals surface area contributed by atoms with Crippen LogP contribution in [0.25, 0.3) is 0 Å². The lowest BCUT2D eigenvalue weighted by Gasteiger charge is -2.27. The molecule has 2 fully saturated rings. The van der Waals surface area contributed by atoms with Crippen molar-refractivity contribution < 1.29 is 20.4 Å². The van der Waals surface area contributed by atoms with Crippen LogP contribution in [0.1, 0.15) is 49.7 Å². The van der Waals surface area contributed by atoms with Gasteiger partial charge in [0, 0.05) is 12.1 Å². The number of likely N-dealkylation sites (tertiary alicyclic amines) is 2. The zero-order valence-corrected chi connectivity index (χ0v) is 18.8. The van der Waals surface area contributed by atoms with Gasteiger partial charge in [0.2, 0.25) is 0 Å². The zero-order valence-electron chi connectivity index (χ0n) is 18.8. The molecule has 2 aliphatic rings. The van der Waals surface area contributed by atoms with E-state index in [1.165, 1.54) is 38.5 Å². The van der Waals surface area contributed by atoms with Gasteiger partial charge in [-0.1, -0.05) is 12.1 Å². The maximum Gasteiger partial charge on any atom is 0.157 e. The predicted molar refractivity (Wildman–Crippen MR) is 125 cm³/mol. The lowest BCUT2D eigenvalue weighted by molar-refractivity contribution is 0.221. The van der Waals surface area contributed by atoms with E-state index in [1.807, 2.05) is 12.1 Å². The van der Waals surface area contributed by atoms with Gasteiger partial charge in [-0.05, 0) is 113 Å². The number of phenols is 4. The average molecular weight is 441 g/mol. The fourth-order valence-corrected chi connectivity index (χ4v) is 5.41. The van der Waals surface area contributed by atoms with Gasteiger partial charge in [0.1, 0.15) is 0 Å². The third-order valence-corrected chi connectivity index (χ3v) is 7.16. The normalized spacial score (nSPS) is 22.0. The molecule has 0 aromatic heterocycles. The van der Waals surface area contributed by atoms with E-state index in [0.717, 1.165) is 50.1 Å². The fraction of sp³-hybridized carbons (Fsp3) is 0.538. The summed E-state index contributed by atoms with van der Waals surface area (Å²) in [4.78, 5) is 5.18. The minimum Gasteiger partial charge on any atom is -0.504 e. The van der Waals surface area contributed by atoms with E-state index in [0.29, 0.717) is 12.1 Å². The second-order valence-corrected chi connectivity index (χ2v) is 9.43. The summed E-state index contributed by atoms with van der Waals surface area (Å²) in [5.74, 6) is -0.177. The Morgan fingerprint density at radius 3 is 1.47 bits per heavy atom. The largest absolute Gasteiger partial charge is 0.504 e. The Labute approximate surface area is 190 Å². The molecule has 2 aromatic carbocycles. The smallest absolute Gasteiger partial charge is 0.157 e. The van der Waals surface area contributed by atoms with Crippen LogP contribution >= 0.6 is 0 Å². The van der Waals surface area contributed by atoms with Crippen LogP contribution in [0.2, 0.25) is 0 Å². The van der Waals surface area contributed by atoms with E-state index < -0.39 is 0 Å². The summed E-state index contributed by atoms with van der Waals surface area (Å²) in [6, 6.07) is 11.4. The second kappa shape index (κ2) is 10.5.